The number of aryl methyl sites for hydroxylation is 1. The largest absolute Gasteiger partial charge is 0.411 e. The maximum absolute atomic E-state index is 8.79. The molecule has 0 aliphatic carbocycles. The standard InChI is InChI=1S/C17H26N2O/c1-6-7-19-16-8-12(2)14(11-18-20)9-15(16)13(3)10-17(19,4)5/h8-9,11,13,20H,6-7,10H2,1-5H3. The van der Waals surface area contributed by atoms with Gasteiger partial charge in [0.05, 0.1) is 6.21 Å². The highest BCUT2D eigenvalue weighted by Gasteiger charge is 2.36. The van der Waals surface area contributed by atoms with Gasteiger partial charge in [-0.2, -0.15) is 0 Å². The van der Waals surface area contributed by atoms with Crippen molar-refractivity contribution in [2.45, 2.75) is 58.9 Å². The van der Waals surface area contributed by atoms with Gasteiger partial charge in [-0.05, 0) is 68.4 Å². The molecule has 3 heteroatoms. The third-order valence-corrected chi connectivity index (χ3v) is 4.42. The molecule has 20 heavy (non-hydrogen) atoms. The van der Waals surface area contributed by atoms with Crippen LogP contribution in [0.1, 0.15) is 63.1 Å². The number of rotatable bonds is 3. The molecular formula is C17H26N2O. The van der Waals surface area contributed by atoms with Gasteiger partial charge in [0.25, 0.3) is 0 Å². The van der Waals surface area contributed by atoms with Crippen LogP contribution in [0.5, 0.6) is 0 Å². The van der Waals surface area contributed by atoms with Crippen LogP contribution in [0.4, 0.5) is 5.69 Å². The van der Waals surface area contributed by atoms with E-state index < -0.39 is 0 Å². The van der Waals surface area contributed by atoms with E-state index in [0.29, 0.717) is 5.92 Å². The van der Waals surface area contributed by atoms with Gasteiger partial charge in [-0.25, -0.2) is 0 Å². The Labute approximate surface area is 122 Å². The van der Waals surface area contributed by atoms with Gasteiger partial charge in [0, 0.05) is 17.8 Å². The predicted molar refractivity (Wildman–Crippen MR) is 85.3 cm³/mol. The summed E-state index contributed by atoms with van der Waals surface area (Å²) in [6.07, 6.45) is 3.83. The fraction of sp³-hybridized carbons (Fsp3) is 0.588. The average Bonchev–Trinajstić information content (AvgIpc) is 2.36. The number of oxime groups is 1. The molecule has 3 nitrogen and oxygen atoms in total. The van der Waals surface area contributed by atoms with E-state index in [1.807, 2.05) is 0 Å². The molecule has 1 aromatic rings. The Kier molecular flexibility index (Phi) is 4.07. The first-order valence-electron chi connectivity index (χ1n) is 7.50. The molecule has 0 bridgehead atoms. The van der Waals surface area contributed by atoms with Gasteiger partial charge in [-0.3, -0.25) is 0 Å². The van der Waals surface area contributed by atoms with Crippen LogP contribution < -0.4 is 4.90 Å². The molecule has 1 atom stereocenters. The van der Waals surface area contributed by atoms with Crippen molar-refractivity contribution in [2.24, 2.45) is 5.16 Å². The van der Waals surface area contributed by atoms with Gasteiger partial charge in [-0.1, -0.05) is 19.0 Å². The van der Waals surface area contributed by atoms with E-state index in [0.717, 1.165) is 30.5 Å². The smallest absolute Gasteiger partial charge is 0.0736 e. The second-order valence-electron chi connectivity index (χ2n) is 6.58. The van der Waals surface area contributed by atoms with Crippen LogP contribution in [0, 0.1) is 6.92 Å². The monoisotopic (exact) mass is 274 g/mol. The van der Waals surface area contributed by atoms with E-state index in [4.69, 9.17) is 5.21 Å². The van der Waals surface area contributed by atoms with Crippen LogP contribution >= 0.6 is 0 Å². The maximum Gasteiger partial charge on any atom is 0.0736 e. The molecule has 0 radical (unpaired) electrons. The fourth-order valence-corrected chi connectivity index (χ4v) is 3.50. The summed E-state index contributed by atoms with van der Waals surface area (Å²) in [6, 6.07) is 4.44. The van der Waals surface area contributed by atoms with Gasteiger partial charge in [0.15, 0.2) is 0 Å². The number of anilines is 1. The predicted octanol–water partition coefficient (Wildman–Crippen LogP) is 4.31. The summed E-state index contributed by atoms with van der Waals surface area (Å²) in [5.74, 6) is 0.527. The van der Waals surface area contributed by atoms with Crippen LogP contribution in [-0.2, 0) is 0 Å². The third-order valence-electron chi connectivity index (χ3n) is 4.42. The molecule has 1 aromatic carbocycles. The van der Waals surface area contributed by atoms with Crippen LogP contribution in [0.3, 0.4) is 0 Å². The number of benzene rings is 1. The number of hydrogen-bond acceptors (Lipinski definition) is 3. The molecule has 1 aliphatic rings. The fourth-order valence-electron chi connectivity index (χ4n) is 3.50. The van der Waals surface area contributed by atoms with E-state index in [1.165, 1.54) is 17.5 Å². The first-order valence-corrected chi connectivity index (χ1v) is 7.50. The van der Waals surface area contributed by atoms with Crippen molar-refractivity contribution >= 4 is 11.9 Å². The van der Waals surface area contributed by atoms with E-state index >= 15 is 0 Å². The molecule has 1 N–H and O–H groups in total. The Morgan fingerprint density at radius 1 is 1.45 bits per heavy atom. The summed E-state index contributed by atoms with van der Waals surface area (Å²) < 4.78 is 0. The van der Waals surface area contributed by atoms with Crippen molar-refractivity contribution < 1.29 is 5.21 Å². The molecule has 0 spiro atoms. The van der Waals surface area contributed by atoms with Gasteiger partial charge in [-0.15, -0.1) is 0 Å². The van der Waals surface area contributed by atoms with Gasteiger partial charge < -0.3 is 10.1 Å². The van der Waals surface area contributed by atoms with E-state index in [2.05, 4.69) is 56.8 Å². The lowest BCUT2D eigenvalue weighted by atomic mass is 9.79. The number of nitrogens with zero attached hydrogens (tertiary/aromatic N) is 2. The normalized spacial score (nSPS) is 21.2. The molecule has 0 amide bonds. The highest BCUT2D eigenvalue weighted by Crippen LogP contribution is 2.44. The molecule has 0 saturated carbocycles. The topological polar surface area (TPSA) is 35.8 Å². The number of hydrogen-bond donors (Lipinski definition) is 1. The molecule has 0 aromatic heterocycles. The first kappa shape index (κ1) is 14.9. The first-order chi connectivity index (χ1) is 9.40. The van der Waals surface area contributed by atoms with Crippen molar-refractivity contribution in [1.29, 1.82) is 0 Å². The second-order valence-corrected chi connectivity index (χ2v) is 6.58. The number of fused-ring (bicyclic) bond motifs is 1. The lowest BCUT2D eigenvalue weighted by Gasteiger charge is -2.48. The summed E-state index contributed by atoms with van der Waals surface area (Å²) >= 11 is 0. The Morgan fingerprint density at radius 2 is 2.15 bits per heavy atom. The molecule has 110 valence electrons. The molecule has 1 heterocycles. The highest BCUT2D eigenvalue weighted by molar-refractivity contribution is 5.83. The van der Waals surface area contributed by atoms with Gasteiger partial charge in [0.1, 0.15) is 0 Å². The molecule has 0 saturated heterocycles. The van der Waals surface area contributed by atoms with Crippen molar-refractivity contribution in [3.8, 4) is 0 Å². The van der Waals surface area contributed by atoms with Crippen LogP contribution in [-0.4, -0.2) is 23.5 Å². The highest BCUT2D eigenvalue weighted by atomic mass is 16.4. The second kappa shape index (κ2) is 5.47. The maximum atomic E-state index is 8.79. The van der Waals surface area contributed by atoms with Crippen molar-refractivity contribution in [3.63, 3.8) is 0 Å². The van der Waals surface area contributed by atoms with Crippen LogP contribution in [0.15, 0.2) is 17.3 Å². The van der Waals surface area contributed by atoms with Gasteiger partial charge in [0.2, 0.25) is 0 Å². The zero-order valence-electron chi connectivity index (χ0n) is 13.3. The quantitative estimate of drug-likeness (QED) is 0.506. The minimum absolute atomic E-state index is 0.196. The summed E-state index contributed by atoms with van der Waals surface area (Å²) in [5.41, 5.74) is 5.09. The average molecular weight is 274 g/mol. The zero-order valence-corrected chi connectivity index (χ0v) is 13.3. The third kappa shape index (κ3) is 2.54. The van der Waals surface area contributed by atoms with E-state index in [1.54, 1.807) is 0 Å². The van der Waals surface area contributed by atoms with Gasteiger partial charge >= 0.3 is 0 Å². The van der Waals surface area contributed by atoms with Crippen molar-refractivity contribution in [2.75, 3.05) is 11.4 Å². The zero-order chi connectivity index (χ0) is 14.9. The molecule has 2 rings (SSSR count). The van der Waals surface area contributed by atoms with Crippen LogP contribution in [0.25, 0.3) is 0 Å². The van der Waals surface area contributed by atoms with Crippen molar-refractivity contribution in [1.82, 2.24) is 0 Å². The minimum atomic E-state index is 0.196. The Morgan fingerprint density at radius 3 is 2.75 bits per heavy atom. The van der Waals surface area contributed by atoms with Crippen molar-refractivity contribution in [3.05, 3.63) is 28.8 Å². The molecule has 1 unspecified atom stereocenters. The molecular weight excluding hydrogens is 248 g/mol. The Hall–Kier alpha value is -1.51. The lowest BCUT2D eigenvalue weighted by Crippen LogP contribution is -2.48. The Bertz CT molecular complexity index is 520. The summed E-state index contributed by atoms with van der Waals surface area (Å²) in [4.78, 5) is 2.54. The SMILES string of the molecule is CCCN1c2cc(C)c(C=NO)cc2C(C)CC1(C)C. The summed E-state index contributed by atoms with van der Waals surface area (Å²) in [6.45, 7) is 12.3. The minimum Gasteiger partial charge on any atom is -0.411 e. The Balaban J connectivity index is 2.57. The van der Waals surface area contributed by atoms with E-state index in [9.17, 15) is 0 Å². The lowest BCUT2D eigenvalue weighted by molar-refractivity contribution is 0.322. The van der Waals surface area contributed by atoms with Crippen LogP contribution in [0.2, 0.25) is 0 Å². The summed E-state index contributed by atoms with van der Waals surface area (Å²) in [5, 5.41) is 12.0. The van der Waals surface area contributed by atoms with E-state index in [-0.39, 0.29) is 5.54 Å². The summed E-state index contributed by atoms with van der Waals surface area (Å²) in [7, 11) is 0. The molecule has 0 fully saturated rings. The molecule has 1 aliphatic heterocycles.